The van der Waals surface area contributed by atoms with E-state index >= 15 is 0 Å². The van der Waals surface area contributed by atoms with Crippen LogP contribution in [0.5, 0.6) is 5.75 Å². The molecule has 1 aliphatic rings. The minimum Gasteiger partial charge on any atom is -0.493 e. The number of para-hydroxylation sites is 1. The normalized spacial score (nSPS) is 17.9. The van der Waals surface area contributed by atoms with Crippen molar-refractivity contribution in [3.8, 4) is 5.75 Å². The van der Waals surface area contributed by atoms with E-state index in [-0.39, 0.29) is 11.9 Å². The quantitative estimate of drug-likeness (QED) is 0.865. The smallest absolute Gasteiger partial charge is 0.315 e. The van der Waals surface area contributed by atoms with E-state index in [0.717, 1.165) is 17.7 Å². The number of alkyl halides is 1. The van der Waals surface area contributed by atoms with Crippen LogP contribution in [0.4, 0.5) is 6.01 Å². The topological polar surface area (TPSA) is 60.2 Å². The molecule has 18 heavy (non-hydrogen) atoms. The molecule has 0 amide bonds. The summed E-state index contributed by atoms with van der Waals surface area (Å²) in [6.07, 6.45) is 0.857. The van der Waals surface area contributed by atoms with E-state index < -0.39 is 0 Å². The van der Waals surface area contributed by atoms with Gasteiger partial charge in [0, 0.05) is 12.0 Å². The summed E-state index contributed by atoms with van der Waals surface area (Å²) in [6.45, 7) is 0.672. The SMILES string of the molecule is ClCc1nnc(NC2CCOc3ccccc32)o1. The molecule has 3 rings (SSSR count). The van der Waals surface area contributed by atoms with Crippen LogP contribution in [0, 0.1) is 0 Å². The van der Waals surface area contributed by atoms with Gasteiger partial charge in [0.05, 0.1) is 12.6 Å². The number of rotatable bonds is 3. The monoisotopic (exact) mass is 265 g/mol. The molecular weight excluding hydrogens is 254 g/mol. The maximum atomic E-state index is 5.62. The summed E-state index contributed by atoms with van der Waals surface area (Å²) >= 11 is 5.62. The Hall–Kier alpha value is -1.75. The molecule has 1 aromatic carbocycles. The summed E-state index contributed by atoms with van der Waals surface area (Å²) in [4.78, 5) is 0. The van der Waals surface area contributed by atoms with Crippen molar-refractivity contribution in [1.82, 2.24) is 10.2 Å². The fourth-order valence-electron chi connectivity index (χ4n) is 2.01. The molecule has 0 saturated heterocycles. The Morgan fingerprint density at radius 2 is 2.22 bits per heavy atom. The van der Waals surface area contributed by atoms with Gasteiger partial charge in [-0.3, -0.25) is 0 Å². The largest absolute Gasteiger partial charge is 0.493 e. The summed E-state index contributed by atoms with van der Waals surface area (Å²) in [7, 11) is 0. The lowest BCUT2D eigenvalue weighted by molar-refractivity contribution is 0.273. The van der Waals surface area contributed by atoms with Crippen LogP contribution >= 0.6 is 11.6 Å². The van der Waals surface area contributed by atoms with Crippen LogP contribution in [0.15, 0.2) is 28.7 Å². The Labute approximate surface area is 109 Å². The van der Waals surface area contributed by atoms with Crippen LogP contribution in [0.3, 0.4) is 0 Å². The van der Waals surface area contributed by atoms with Gasteiger partial charge in [-0.15, -0.1) is 16.7 Å². The molecule has 1 unspecified atom stereocenters. The van der Waals surface area contributed by atoms with E-state index in [4.69, 9.17) is 20.8 Å². The number of fused-ring (bicyclic) bond motifs is 1. The number of halogens is 1. The average molecular weight is 266 g/mol. The average Bonchev–Trinajstić information content (AvgIpc) is 2.87. The van der Waals surface area contributed by atoms with Crippen molar-refractivity contribution in [1.29, 1.82) is 0 Å². The molecule has 94 valence electrons. The van der Waals surface area contributed by atoms with Gasteiger partial charge in [0.1, 0.15) is 11.6 Å². The molecule has 1 atom stereocenters. The van der Waals surface area contributed by atoms with E-state index in [1.165, 1.54) is 0 Å². The van der Waals surface area contributed by atoms with Gasteiger partial charge in [-0.05, 0) is 6.07 Å². The molecule has 1 aliphatic heterocycles. The van der Waals surface area contributed by atoms with Crippen LogP contribution in [0.1, 0.15) is 23.9 Å². The lowest BCUT2D eigenvalue weighted by Crippen LogP contribution is -2.20. The minimum absolute atomic E-state index is 0.124. The Balaban J connectivity index is 1.81. The summed E-state index contributed by atoms with van der Waals surface area (Å²) in [5, 5.41) is 10.9. The number of hydrogen-bond donors (Lipinski definition) is 1. The zero-order valence-electron chi connectivity index (χ0n) is 9.60. The van der Waals surface area contributed by atoms with Crippen molar-refractivity contribution in [3.05, 3.63) is 35.7 Å². The molecule has 0 saturated carbocycles. The number of ether oxygens (including phenoxy) is 1. The first kappa shape index (κ1) is 11.3. The highest BCUT2D eigenvalue weighted by molar-refractivity contribution is 6.16. The molecule has 0 radical (unpaired) electrons. The molecule has 1 aromatic heterocycles. The van der Waals surface area contributed by atoms with Gasteiger partial charge in [-0.25, -0.2) is 0 Å². The Morgan fingerprint density at radius 3 is 3.06 bits per heavy atom. The fourth-order valence-corrected chi connectivity index (χ4v) is 2.11. The molecule has 0 fully saturated rings. The van der Waals surface area contributed by atoms with E-state index in [9.17, 15) is 0 Å². The predicted octanol–water partition coefficient (Wildman–Crippen LogP) is 2.74. The number of anilines is 1. The molecule has 1 N–H and O–H groups in total. The van der Waals surface area contributed by atoms with Gasteiger partial charge in [-0.2, -0.15) is 0 Å². The Kier molecular flexibility index (Phi) is 3.06. The van der Waals surface area contributed by atoms with E-state index in [0.29, 0.717) is 18.5 Å². The maximum Gasteiger partial charge on any atom is 0.315 e. The van der Waals surface area contributed by atoms with Crippen molar-refractivity contribution in [2.45, 2.75) is 18.3 Å². The maximum absolute atomic E-state index is 5.62. The highest BCUT2D eigenvalue weighted by Gasteiger charge is 2.22. The third-order valence-corrected chi connectivity index (χ3v) is 3.07. The zero-order chi connectivity index (χ0) is 12.4. The summed E-state index contributed by atoms with van der Waals surface area (Å²) in [6, 6.07) is 8.46. The van der Waals surface area contributed by atoms with Crippen LogP contribution in [0.2, 0.25) is 0 Å². The number of benzene rings is 1. The molecule has 6 heteroatoms. The van der Waals surface area contributed by atoms with Crippen LogP contribution < -0.4 is 10.1 Å². The second kappa shape index (κ2) is 4.86. The van der Waals surface area contributed by atoms with Crippen molar-refractivity contribution in [2.75, 3.05) is 11.9 Å². The summed E-state index contributed by atoms with van der Waals surface area (Å²) in [5.74, 6) is 1.54. The van der Waals surface area contributed by atoms with Gasteiger partial charge in [0.15, 0.2) is 0 Å². The van der Waals surface area contributed by atoms with E-state index in [1.807, 2.05) is 24.3 Å². The standard InChI is InChI=1S/C12H12ClN3O2/c13-7-11-15-16-12(18-11)14-9-5-6-17-10-4-2-1-3-8(9)10/h1-4,9H,5-7H2,(H,14,16). The number of hydrogen-bond acceptors (Lipinski definition) is 5. The van der Waals surface area contributed by atoms with Crippen LogP contribution in [0.25, 0.3) is 0 Å². The molecule has 0 bridgehead atoms. The third kappa shape index (κ3) is 2.13. The van der Waals surface area contributed by atoms with Gasteiger partial charge in [0.2, 0.25) is 5.89 Å². The van der Waals surface area contributed by atoms with Crippen LogP contribution in [-0.4, -0.2) is 16.8 Å². The Morgan fingerprint density at radius 1 is 1.33 bits per heavy atom. The van der Waals surface area contributed by atoms with E-state index in [1.54, 1.807) is 0 Å². The van der Waals surface area contributed by atoms with Crippen molar-refractivity contribution >= 4 is 17.6 Å². The van der Waals surface area contributed by atoms with Gasteiger partial charge in [0.25, 0.3) is 0 Å². The third-order valence-electron chi connectivity index (χ3n) is 2.84. The number of nitrogens with zero attached hydrogens (tertiary/aromatic N) is 2. The van der Waals surface area contributed by atoms with Crippen LogP contribution in [-0.2, 0) is 5.88 Å². The first-order chi connectivity index (χ1) is 8.86. The van der Waals surface area contributed by atoms with Crippen molar-refractivity contribution in [3.63, 3.8) is 0 Å². The fraction of sp³-hybridized carbons (Fsp3) is 0.333. The molecule has 5 nitrogen and oxygen atoms in total. The number of nitrogens with one attached hydrogen (secondary N) is 1. The second-order valence-corrected chi connectivity index (χ2v) is 4.27. The first-order valence-electron chi connectivity index (χ1n) is 5.73. The van der Waals surface area contributed by atoms with E-state index in [2.05, 4.69) is 15.5 Å². The zero-order valence-corrected chi connectivity index (χ0v) is 10.4. The summed E-state index contributed by atoms with van der Waals surface area (Å²) < 4.78 is 10.9. The molecule has 0 aliphatic carbocycles. The highest BCUT2D eigenvalue weighted by atomic mass is 35.5. The second-order valence-electron chi connectivity index (χ2n) is 4.01. The summed E-state index contributed by atoms with van der Waals surface area (Å²) in [5.41, 5.74) is 1.11. The first-order valence-corrected chi connectivity index (χ1v) is 6.27. The Bertz CT molecular complexity index is 544. The molecule has 0 spiro atoms. The molecule has 2 aromatic rings. The highest BCUT2D eigenvalue weighted by Crippen LogP contribution is 2.33. The molecular formula is C12H12ClN3O2. The van der Waals surface area contributed by atoms with Gasteiger partial charge in [-0.1, -0.05) is 23.3 Å². The van der Waals surface area contributed by atoms with Gasteiger partial charge < -0.3 is 14.5 Å². The lowest BCUT2D eigenvalue weighted by atomic mass is 10.0. The van der Waals surface area contributed by atoms with Gasteiger partial charge >= 0.3 is 6.01 Å². The van der Waals surface area contributed by atoms with Crippen molar-refractivity contribution < 1.29 is 9.15 Å². The molecule has 2 heterocycles. The minimum atomic E-state index is 0.124. The van der Waals surface area contributed by atoms with Crippen molar-refractivity contribution in [2.24, 2.45) is 0 Å². The number of aromatic nitrogens is 2. The predicted molar refractivity (Wildman–Crippen MR) is 66.8 cm³/mol. The lowest BCUT2D eigenvalue weighted by Gasteiger charge is -2.25.